The highest BCUT2D eigenvalue weighted by Gasteiger charge is 2.20. The van der Waals surface area contributed by atoms with E-state index >= 15 is 0 Å². The predicted octanol–water partition coefficient (Wildman–Crippen LogP) is 1.41. The Morgan fingerprint density at radius 1 is 1.27 bits per heavy atom. The van der Waals surface area contributed by atoms with Gasteiger partial charge < -0.3 is 10.2 Å². The summed E-state index contributed by atoms with van der Waals surface area (Å²) in [6.45, 7) is 6.19. The molecule has 0 rings (SSSR count). The zero-order chi connectivity index (χ0) is 8.85. The highest BCUT2D eigenvalue weighted by molar-refractivity contribution is 4.70. The molecule has 0 heterocycles. The molecular formula is C9H20O2. The Hall–Kier alpha value is -0.0800. The van der Waals surface area contributed by atoms with Crippen LogP contribution in [0.1, 0.15) is 33.6 Å². The summed E-state index contributed by atoms with van der Waals surface area (Å²) in [6.07, 6.45) is 1.44. The molecule has 0 aliphatic rings. The smallest absolute Gasteiger partial charge is 0.0592 e. The van der Waals surface area contributed by atoms with Crippen LogP contribution < -0.4 is 0 Å². The molecule has 0 amide bonds. The highest BCUT2D eigenvalue weighted by Crippen LogP contribution is 2.17. The van der Waals surface area contributed by atoms with Crippen LogP contribution in [0.4, 0.5) is 0 Å². The van der Waals surface area contributed by atoms with Crippen molar-refractivity contribution in [1.29, 1.82) is 0 Å². The first-order chi connectivity index (χ1) is 5.13. The maximum absolute atomic E-state index is 9.52. The Morgan fingerprint density at radius 2 is 1.82 bits per heavy atom. The van der Waals surface area contributed by atoms with Gasteiger partial charge in [0, 0.05) is 12.5 Å². The second-order valence-electron chi connectivity index (χ2n) is 3.45. The van der Waals surface area contributed by atoms with Crippen molar-refractivity contribution in [2.24, 2.45) is 11.8 Å². The van der Waals surface area contributed by atoms with Gasteiger partial charge in [0.05, 0.1) is 6.10 Å². The zero-order valence-corrected chi connectivity index (χ0v) is 7.75. The summed E-state index contributed by atoms with van der Waals surface area (Å²) in [4.78, 5) is 0. The molecule has 2 nitrogen and oxygen atoms in total. The summed E-state index contributed by atoms with van der Waals surface area (Å²) < 4.78 is 0. The average molecular weight is 160 g/mol. The fraction of sp³-hybridized carbons (Fsp3) is 1.00. The summed E-state index contributed by atoms with van der Waals surface area (Å²) in [5.74, 6) is 0.413. The Morgan fingerprint density at radius 3 is 2.09 bits per heavy atom. The van der Waals surface area contributed by atoms with Gasteiger partial charge in [-0.1, -0.05) is 27.2 Å². The SMILES string of the molecule is CCC[C@H](O)[C@@H](CO)C(C)C. The van der Waals surface area contributed by atoms with Crippen LogP contribution in [-0.2, 0) is 0 Å². The van der Waals surface area contributed by atoms with Gasteiger partial charge in [-0.15, -0.1) is 0 Å². The lowest BCUT2D eigenvalue weighted by atomic mass is 9.89. The molecule has 0 aliphatic heterocycles. The van der Waals surface area contributed by atoms with Gasteiger partial charge in [0.15, 0.2) is 0 Å². The molecule has 2 N–H and O–H groups in total. The van der Waals surface area contributed by atoms with Crippen LogP contribution in [0.5, 0.6) is 0 Å². The molecule has 0 aromatic carbocycles. The molecule has 0 saturated heterocycles. The molecule has 2 heteroatoms. The third-order valence-corrected chi connectivity index (χ3v) is 2.15. The second-order valence-corrected chi connectivity index (χ2v) is 3.45. The van der Waals surface area contributed by atoms with Gasteiger partial charge >= 0.3 is 0 Å². The molecule has 2 atom stereocenters. The van der Waals surface area contributed by atoms with E-state index in [1.807, 2.05) is 20.8 Å². The topological polar surface area (TPSA) is 40.5 Å². The molecule has 0 aromatic rings. The first kappa shape index (κ1) is 10.9. The maximum Gasteiger partial charge on any atom is 0.0592 e. The van der Waals surface area contributed by atoms with Gasteiger partial charge in [-0.25, -0.2) is 0 Å². The Kier molecular flexibility index (Phi) is 5.51. The number of hydrogen-bond donors (Lipinski definition) is 2. The van der Waals surface area contributed by atoms with Crippen LogP contribution >= 0.6 is 0 Å². The van der Waals surface area contributed by atoms with E-state index in [2.05, 4.69) is 0 Å². The molecule has 68 valence electrons. The molecule has 0 fully saturated rings. The van der Waals surface area contributed by atoms with E-state index in [0.717, 1.165) is 12.8 Å². The number of aliphatic hydroxyl groups excluding tert-OH is 2. The van der Waals surface area contributed by atoms with Crippen molar-refractivity contribution in [1.82, 2.24) is 0 Å². The van der Waals surface area contributed by atoms with E-state index in [9.17, 15) is 5.11 Å². The van der Waals surface area contributed by atoms with E-state index in [-0.39, 0.29) is 18.6 Å². The predicted molar refractivity (Wildman–Crippen MR) is 46.3 cm³/mol. The molecule has 0 spiro atoms. The summed E-state index contributed by atoms with van der Waals surface area (Å²) in [7, 11) is 0. The van der Waals surface area contributed by atoms with Crippen molar-refractivity contribution in [3.63, 3.8) is 0 Å². The Labute approximate surface area is 69.2 Å². The van der Waals surface area contributed by atoms with Crippen LogP contribution in [0.25, 0.3) is 0 Å². The van der Waals surface area contributed by atoms with Crippen LogP contribution in [0.3, 0.4) is 0 Å². The van der Waals surface area contributed by atoms with Crippen molar-refractivity contribution in [2.45, 2.75) is 39.7 Å². The zero-order valence-electron chi connectivity index (χ0n) is 7.75. The summed E-state index contributed by atoms with van der Waals surface area (Å²) >= 11 is 0. The van der Waals surface area contributed by atoms with Gasteiger partial charge in [-0.2, -0.15) is 0 Å². The first-order valence-corrected chi connectivity index (χ1v) is 4.42. The largest absolute Gasteiger partial charge is 0.396 e. The van der Waals surface area contributed by atoms with Crippen LogP contribution in [0, 0.1) is 11.8 Å². The number of aliphatic hydroxyl groups is 2. The summed E-state index contributed by atoms with van der Waals surface area (Å²) in [5.41, 5.74) is 0. The molecule has 0 radical (unpaired) electrons. The third-order valence-electron chi connectivity index (χ3n) is 2.15. The van der Waals surface area contributed by atoms with Crippen molar-refractivity contribution in [3.8, 4) is 0 Å². The maximum atomic E-state index is 9.52. The molecule has 0 aromatic heterocycles. The summed E-state index contributed by atoms with van der Waals surface area (Å²) in [6, 6.07) is 0. The Balaban J connectivity index is 3.81. The molecular weight excluding hydrogens is 140 g/mol. The average Bonchev–Trinajstić information content (AvgIpc) is 1.88. The minimum Gasteiger partial charge on any atom is -0.396 e. The highest BCUT2D eigenvalue weighted by atomic mass is 16.3. The van der Waals surface area contributed by atoms with Crippen molar-refractivity contribution < 1.29 is 10.2 Å². The van der Waals surface area contributed by atoms with E-state index in [1.165, 1.54) is 0 Å². The minimum absolute atomic E-state index is 0.0509. The van der Waals surface area contributed by atoms with Crippen molar-refractivity contribution in [2.75, 3.05) is 6.61 Å². The van der Waals surface area contributed by atoms with E-state index in [1.54, 1.807) is 0 Å². The third kappa shape index (κ3) is 3.73. The molecule has 0 aliphatic carbocycles. The van der Waals surface area contributed by atoms with Crippen LogP contribution in [0.15, 0.2) is 0 Å². The van der Waals surface area contributed by atoms with Crippen molar-refractivity contribution >= 4 is 0 Å². The molecule has 0 bridgehead atoms. The van der Waals surface area contributed by atoms with E-state index < -0.39 is 0 Å². The lowest BCUT2D eigenvalue weighted by Gasteiger charge is -2.23. The monoisotopic (exact) mass is 160 g/mol. The van der Waals surface area contributed by atoms with Gasteiger partial charge in [0.1, 0.15) is 0 Å². The van der Waals surface area contributed by atoms with Gasteiger partial charge in [0.2, 0.25) is 0 Å². The van der Waals surface area contributed by atoms with Gasteiger partial charge in [-0.05, 0) is 12.3 Å². The lowest BCUT2D eigenvalue weighted by molar-refractivity contribution is 0.0357. The standard InChI is InChI=1S/C9H20O2/c1-4-5-9(11)8(6-10)7(2)3/h7-11H,4-6H2,1-3H3/t8-,9-/m0/s1. The first-order valence-electron chi connectivity index (χ1n) is 4.42. The molecule has 11 heavy (non-hydrogen) atoms. The Bertz CT molecular complexity index is 91.6. The van der Waals surface area contributed by atoms with Gasteiger partial charge in [0.25, 0.3) is 0 Å². The number of rotatable bonds is 5. The van der Waals surface area contributed by atoms with E-state index in [4.69, 9.17) is 5.11 Å². The second kappa shape index (κ2) is 5.56. The van der Waals surface area contributed by atoms with Crippen molar-refractivity contribution in [3.05, 3.63) is 0 Å². The van der Waals surface area contributed by atoms with Crippen LogP contribution in [0.2, 0.25) is 0 Å². The van der Waals surface area contributed by atoms with Gasteiger partial charge in [-0.3, -0.25) is 0 Å². The lowest BCUT2D eigenvalue weighted by Crippen LogP contribution is -2.28. The molecule has 0 unspecified atom stereocenters. The normalized spacial score (nSPS) is 16.9. The van der Waals surface area contributed by atoms with E-state index in [0.29, 0.717) is 5.92 Å². The van der Waals surface area contributed by atoms with Crippen LogP contribution in [-0.4, -0.2) is 22.9 Å². The summed E-state index contributed by atoms with van der Waals surface area (Å²) in [5, 5.41) is 18.5. The fourth-order valence-electron chi connectivity index (χ4n) is 1.29. The number of hydrogen-bond acceptors (Lipinski definition) is 2. The quantitative estimate of drug-likeness (QED) is 0.638. The minimum atomic E-state index is -0.329. The molecule has 0 saturated carbocycles. The fourth-order valence-corrected chi connectivity index (χ4v) is 1.29.